The maximum Gasteiger partial charge on any atom is 0.304 e. The highest BCUT2D eigenvalue weighted by atomic mass is 16.4. The average molecular weight is 263 g/mol. The normalized spacial score (nSPS) is 12.9. The molecule has 1 rings (SSSR count). The van der Waals surface area contributed by atoms with Gasteiger partial charge in [-0.1, -0.05) is 38.1 Å². The van der Waals surface area contributed by atoms with E-state index in [9.17, 15) is 4.79 Å². The summed E-state index contributed by atoms with van der Waals surface area (Å²) >= 11 is 0. The Labute approximate surface area is 116 Å². The minimum absolute atomic E-state index is 0.202. The van der Waals surface area contributed by atoms with Crippen molar-refractivity contribution in [2.45, 2.75) is 45.6 Å². The molecule has 0 bridgehead atoms. The van der Waals surface area contributed by atoms with Crippen LogP contribution in [0.3, 0.4) is 0 Å². The molecule has 0 saturated carbocycles. The molecule has 0 saturated heterocycles. The SMILES string of the molecule is CC(C)c1ccc(CC(C)N(C)CCC(=O)O)cc1. The molecule has 1 aromatic carbocycles. The van der Waals surface area contributed by atoms with Crippen molar-refractivity contribution in [2.75, 3.05) is 13.6 Å². The van der Waals surface area contributed by atoms with Gasteiger partial charge in [0.05, 0.1) is 6.42 Å². The van der Waals surface area contributed by atoms with Crippen LogP contribution < -0.4 is 0 Å². The highest BCUT2D eigenvalue weighted by Gasteiger charge is 2.11. The lowest BCUT2D eigenvalue weighted by molar-refractivity contribution is -0.137. The number of aliphatic carboxylic acids is 1. The van der Waals surface area contributed by atoms with Gasteiger partial charge in [0.1, 0.15) is 0 Å². The number of benzene rings is 1. The number of carbonyl (C=O) groups is 1. The van der Waals surface area contributed by atoms with Gasteiger partial charge in [-0.3, -0.25) is 4.79 Å². The number of nitrogens with zero attached hydrogens (tertiary/aromatic N) is 1. The Morgan fingerprint density at radius 3 is 2.26 bits per heavy atom. The van der Waals surface area contributed by atoms with E-state index in [1.54, 1.807) is 0 Å². The summed E-state index contributed by atoms with van der Waals surface area (Å²) in [4.78, 5) is 12.7. The van der Waals surface area contributed by atoms with Crippen molar-refractivity contribution in [2.24, 2.45) is 0 Å². The zero-order valence-electron chi connectivity index (χ0n) is 12.4. The van der Waals surface area contributed by atoms with E-state index in [2.05, 4.69) is 49.9 Å². The lowest BCUT2D eigenvalue weighted by atomic mass is 9.99. The van der Waals surface area contributed by atoms with Gasteiger partial charge in [0.2, 0.25) is 0 Å². The van der Waals surface area contributed by atoms with Gasteiger partial charge < -0.3 is 10.0 Å². The Hall–Kier alpha value is -1.35. The van der Waals surface area contributed by atoms with Crippen LogP contribution in [0.25, 0.3) is 0 Å². The van der Waals surface area contributed by atoms with Crippen LogP contribution in [0.2, 0.25) is 0 Å². The Balaban J connectivity index is 2.51. The first-order valence-corrected chi connectivity index (χ1v) is 6.91. The summed E-state index contributed by atoms with van der Waals surface area (Å²) in [7, 11) is 1.98. The summed E-state index contributed by atoms with van der Waals surface area (Å²) in [6, 6.07) is 9.08. The van der Waals surface area contributed by atoms with Crippen molar-refractivity contribution in [3.8, 4) is 0 Å². The third kappa shape index (κ3) is 5.43. The minimum atomic E-state index is -0.736. The Morgan fingerprint density at radius 2 is 1.79 bits per heavy atom. The first-order chi connectivity index (χ1) is 8.90. The Kier molecular flexibility index (Phi) is 6.03. The van der Waals surface area contributed by atoms with Crippen LogP contribution in [0, 0.1) is 0 Å². The molecule has 0 heterocycles. The standard InChI is InChI=1S/C16H25NO2/c1-12(2)15-7-5-14(6-8-15)11-13(3)17(4)10-9-16(18)19/h5-8,12-13H,9-11H2,1-4H3,(H,18,19). The molecule has 0 spiro atoms. The molecule has 0 radical (unpaired) electrons. The molecule has 1 N–H and O–H groups in total. The summed E-state index contributed by atoms with van der Waals surface area (Å²) in [6.07, 6.45) is 1.15. The van der Waals surface area contributed by atoms with Gasteiger partial charge >= 0.3 is 5.97 Å². The number of carboxylic acid groups (broad SMARTS) is 1. The molecule has 1 atom stereocenters. The van der Waals surface area contributed by atoms with Gasteiger partial charge in [-0.25, -0.2) is 0 Å². The molecule has 0 amide bonds. The van der Waals surface area contributed by atoms with E-state index in [1.807, 2.05) is 7.05 Å². The fourth-order valence-corrected chi connectivity index (χ4v) is 2.03. The molecule has 0 aliphatic rings. The van der Waals surface area contributed by atoms with Gasteiger partial charge in [-0.05, 0) is 37.4 Å². The third-order valence-corrected chi connectivity index (χ3v) is 3.61. The van der Waals surface area contributed by atoms with Gasteiger partial charge in [0.25, 0.3) is 0 Å². The first kappa shape index (κ1) is 15.7. The Bertz CT molecular complexity index is 398. The highest BCUT2D eigenvalue weighted by molar-refractivity contribution is 5.66. The van der Waals surface area contributed by atoms with Crippen LogP contribution in [-0.4, -0.2) is 35.6 Å². The molecule has 0 aliphatic heterocycles. The van der Waals surface area contributed by atoms with Gasteiger partial charge in [0.15, 0.2) is 0 Å². The molecule has 106 valence electrons. The maximum atomic E-state index is 10.6. The molecular formula is C16H25NO2. The molecule has 0 fully saturated rings. The molecule has 3 heteroatoms. The van der Waals surface area contributed by atoms with E-state index in [0.29, 0.717) is 18.5 Å². The van der Waals surface area contributed by atoms with Crippen LogP contribution in [0.1, 0.15) is 44.2 Å². The fraction of sp³-hybridized carbons (Fsp3) is 0.562. The molecule has 1 unspecified atom stereocenters. The lowest BCUT2D eigenvalue weighted by Gasteiger charge is -2.24. The average Bonchev–Trinajstić information content (AvgIpc) is 2.36. The van der Waals surface area contributed by atoms with E-state index >= 15 is 0 Å². The summed E-state index contributed by atoms with van der Waals surface area (Å²) < 4.78 is 0. The monoisotopic (exact) mass is 263 g/mol. The smallest absolute Gasteiger partial charge is 0.304 e. The first-order valence-electron chi connectivity index (χ1n) is 6.91. The molecule has 19 heavy (non-hydrogen) atoms. The third-order valence-electron chi connectivity index (χ3n) is 3.61. The van der Waals surface area contributed by atoms with E-state index in [1.165, 1.54) is 11.1 Å². The van der Waals surface area contributed by atoms with Crippen LogP contribution >= 0.6 is 0 Å². The lowest BCUT2D eigenvalue weighted by Crippen LogP contribution is -2.32. The largest absolute Gasteiger partial charge is 0.481 e. The molecule has 3 nitrogen and oxygen atoms in total. The second-order valence-electron chi connectivity index (χ2n) is 5.57. The zero-order valence-corrected chi connectivity index (χ0v) is 12.4. The van der Waals surface area contributed by atoms with Crippen LogP contribution in [0.4, 0.5) is 0 Å². The topological polar surface area (TPSA) is 40.5 Å². The molecular weight excluding hydrogens is 238 g/mol. The molecule has 1 aromatic rings. The minimum Gasteiger partial charge on any atom is -0.481 e. The number of rotatable bonds is 7. The van der Waals surface area contributed by atoms with Crippen molar-refractivity contribution in [3.05, 3.63) is 35.4 Å². The molecule has 0 aromatic heterocycles. The van der Waals surface area contributed by atoms with E-state index in [0.717, 1.165) is 6.42 Å². The zero-order chi connectivity index (χ0) is 14.4. The van der Waals surface area contributed by atoms with E-state index in [4.69, 9.17) is 5.11 Å². The van der Waals surface area contributed by atoms with E-state index in [-0.39, 0.29) is 6.42 Å². The predicted octanol–water partition coefficient (Wildman–Crippen LogP) is 3.15. The van der Waals surface area contributed by atoms with E-state index < -0.39 is 5.97 Å². The van der Waals surface area contributed by atoms with Gasteiger partial charge in [-0.2, -0.15) is 0 Å². The summed E-state index contributed by atoms with van der Waals surface area (Å²) in [5.41, 5.74) is 2.66. The number of hydrogen-bond donors (Lipinski definition) is 1. The molecule has 0 aliphatic carbocycles. The predicted molar refractivity (Wildman–Crippen MR) is 78.6 cm³/mol. The van der Waals surface area contributed by atoms with Crippen LogP contribution in [0.5, 0.6) is 0 Å². The number of hydrogen-bond acceptors (Lipinski definition) is 2. The van der Waals surface area contributed by atoms with Crippen molar-refractivity contribution in [1.29, 1.82) is 0 Å². The van der Waals surface area contributed by atoms with Crippen LogP contribution in [0.15, 0.2) is 24.3 Å². The fourth-order valence-electron chi connectivity index (χ4n) is 2.03. The second-order valence-corrected chi connectivity index (χ2v) is 5.57. The number of carboxylic acids is 1. The van der Waals surface area contributed by atoms with Crippen molar-refractivity contribution in [1.82, 2.24) is 4.90 Å². The summed E-state index contributed by atoms with van der Waals surface area (Å²) in [5, 5.41) is 8.69. The van der Waals surface area contributed by atoms with Gasteiger partial charge in [0, 0.05) is 12.6 Å². The van der Waals surface area contributed by atoms with Crippen molar-refractivity contribution < 1.29 is 9.90 Å². The summed E-state index contributed by atoms with van der Waals surface area (Å²) in [6.45, 7) is 7.12. The maximum absolute atomic E-state index is 10.6. The summed E-state index contributed by atoms with van der Waals surface area (Å²) in [5.74, 6) is -0.176. The van der Waals surface area contributed by atoms with Crippen molar-refractivity contribution in [3.63, 3.8) is 0 Å². The quantitative estimate of drug-likeness (QED) is 0.821. The van der Waals surface area contributed by atoms with Crippen molar-refractivity contribution >= 4 is 5.97 Å². The van der Waals surface area contributed by atoms with Gasteiger partial charge in [-0.15, -0.1) is 0 Å². The van der Waals surface area contributed by atoms with Crippen LogP contribution in [-0.2, 0) is 11.2 Å². The Morgan fingerprint density at radius 1 is 1.21 bits per heavy atom. The number of likely N-dealkylation sites (N-methyl/N-ethyl adjacent to an activating group) is 1. The second kappa shape index (κ2) is 7.29. The highest BCUT2D eigenvalue weighted by Crippen LogP contribution is 2.16.